The summed E-state index contributed by atoms with van der Waals surface area (Å²) in [5, 5.41) is 0.409. The number of imide groups is 1. The van der Waals surface area contributed by atoms with Gasteiger partial charge in [0.15, 0.2) is 0 Å². The Morgan fingerprint density at radius 1 is 0.828 bits per heavy atom. The number of halogens is 3. The first-order chi connectivity index (χ1) is 14.0. The van der Waals surface area contributed by atoms with Crippen molar-refractivity contribution in [2.45, 2.75) is 4.90 Å². The molecule has 0 saturated heterocycles. The van der Waals surface area contributed by atoms with Gasteiger partial charge in [-0.05, 0) is 48.0 Å². The average molecular weight is 444 g/mol. The molecule has 29 heavy (non-hydrogen) atoms. The largest absolute Gasteiger partial charge is 0.272 e. The first-order valence-corrected chi connectivity index (χ1v) is 10.1. The Hall–Kier alpha value is -2.60. The van der Waals surface area contributed by atoms with E-state index >= 15 is 0 Å². The molecule has 0 aromatic heterocycles. The van der Waals surface area contributed by atoms with Crippen LogP contribution in [0.2, 0.25) is 10.0 Å². The highest BCUT2D eigenvalue weighted by atomic mass is 35.5. The fourth-order valence-electron chi connectivity index (χ4n) is 2.94. The summed E-state index contributed by atoms with van der Waals surface area (Å²) < 4.78 is 13.6. The lowest BCUT2D eigenvalue weighted by Crippen LogP contribution is -2.31. The van der Waals surface area contributed by atoms with E-state index < -0.39 is 17.6 Å². The molecule has 3 nitrogen and oxygen atoms in total. The van der Waals surface area contributed by atoms with Crippen LogP contribution < -0.4 is 4.90 Å². The Bertz CT molecular complexity index is 1150. The molecular weight excluding hydrogens is 432 g/mol. The highest BCUT2D eigenvalue weighted by Crippen LogP contribution is 2.42. The quantitative estimate of drug-likeness (QED) is 0.449. The van der Waals surface area contributed by atoms with E-state index in [4.69, 9.17) is 23.2 Å². The van der Waals surface area contributed by atoms with Gasteiger partial charge in [0.25, 0.3) is 11.8 Å². The average Bonchev–Trinajstić information content (AvgIpc) is 2.96. The topological polar surface area (TPSA) is 37.4 Å². The molecule has 0 saturated carbocycles. The predicted octanol–water partition coefficient (Wildman–Crippen LogP) is 6.21. The van der Waals surface area contributed by atoms with E-state index in [-0.39, 0.29) is 21.2 Å². The number of hydrogen-bond acceptors (Lipinski definition) is 3. The van der Waals surface area contributed by atoms with Gasteiger partial charge in [0.05, 0.1) is 21.2 Å². The lowest BCUT2D eigenvalue weighted by molar-refractivity contribution is -0.119. The third kappa shape index (κ3) is 3.81. The van der Waals surface area contributed by atoms with Crippen LogP contribution in [0.15, 0.2) is 82.6 Å². The number of carbonyl (C=O) groups excluding carboxylic acids is 2. The van der Waals surface area contributed by atoms with Crippen molar-refractivity contribution in [2.24, 2.45) is 0 Å². The van der Waals surface area contributed by atoms with Crippen LogP contribution in [0, 0.1) is 5.82 Å². The second-order valence-corrected chi connectivity index (χ2v) is 8.10. The Balaban J connectivity index is 1.81. The number of anilines is 1. The number of hydrogen-bond donors (Lipinski definition) is 0. The molecule has 1 heterocycles. The van der Waals surface area contributed by atoms with Crippen LogP contribution in [0.5, 0.6) is 0 Å². The number of amides is 2. The molecule has 0 spiro atoms. The molecule has 0 fully saturated rings. The van der Waals surface area contributed by atoms with E-state index in [1.807, 2.05) is 6.07 Å². The van der Waals surface area contributed by atoms with Crippen molar-refractivity contribution in [2.75, 3.05) is 4.90 Å². The molecule has 0 N–H and O–H groups in total. The minimum atomic E-state index is -0.624. The van der Waals surface area contributed by atoms with Gasteiger partial charge in [0.1, 0.15) is 5.82 Å². The summed E-state index contributed by atoms with van der Waals surface area (Å²) in [5.74, 6) is -1.60. The van der Waals surface area contributed by atoms with Gasteiger partial charge < -0.3 is 0 Å². The minimum absolute atomic E-state index is 0.164. The highest BCUT2D eigenvalue weighted by molar-refractivity contribution is 8.04. The standard InChI is InChI=1S/C22H12Cl2FNO2S/c23-14-6-9-16(10-7-14)29-20-19(13-4-2-1-3-5-13)21(27)26(22(20)28)15-8-11-18(25)17(24)12-15/h1-12H. The predicted molar refractivity (Wildman–Crippen MR) is 115 cm³/mol. The van der Waals surface area contributed by atoms with Gasteiger partial charge in [0.2, 0.25) is 0 Å². The van der Waals surface area contributed by atoms with Crippen LogP contribution >= 0.6 is 35.0 Å². The van der Waals surface area contributed by atoms with Crippen LogP contribution in [0.25, 0.3) is 5.57 Å². The smallest absolute Gasteiger partial charge is 0.268 e. The molecular formula is C22H12Cl2FNO2S. The van der Waals surface area contributed by atoms with Crippen LogP contribution in [-0.2, 0) is 9.59 Å². The molecule has 3 aromatic rings. The van der Waals surface area contributed by atoms with Crippen molar-refractivity contribution < 1.29 is 14.0 Å². The van der Waals surface area contributed by atoms with Gasteiger partial charge in [-0.3, -0.25) is 9.59 Å². The third-order valence-corrected chi connectivity index (χ3v) is 5.93. The summed E-state index contributed by atoms with van der Waals surface area (Å²) in [6.07, 6.45) is 0. The Morgan fingerprint density at radius 2 is 1.52 bits per heavy atom. The molecule has 0 unspecified atom stereocenters. The number of rotatable bonds is 4. The molecule has 2 amide bonds. The number of thioether (sulfide) groups is 1. The lowest BCUT2D eigenvalue weighted by Gasteiger charge is -2.15. The summed E-state index contributed by atoms with van der Waals surface area (Å²) in [6.45, 7) is 0. The Morgan fingerprint density at radius 3 is 2.17 bits per heavy atom. The van der Waals surface area contributed by atoms with Crippen LogP contribution in [0.3, 0.4) is 0 Å². The zero-order valence-electron chi connectivity index (χ0n) is 14.7. The molecule has 1 aliphatic heterocycles. The fraction of sp³-hybridized carbons (Fsp3) is 0. The SMILES string of the molecule is O=C1C(Sc2ccc(Cl)cc2)=C(c2ccccc2)C(=O)N1c1ccc(F)c(Cl)c1. The molecule has 0 radical (unpaired) electrons. The second-order valence-electron chi connectivity index (χ2n) is 6.17. The summed E-state index contributed by atoms with van der Waals surface area (Å²) >= 11 is 13.0. The van der Waals surface area contributed by atoms with E-state index in [1.54, 1.807) is 48.5 Å². The maximum Gasteiger partial charge on any atom is 0.272 e. The van der Waals surface area contributed by atoms with Gasteiger partial charge in [-0.2, -0.15) is 0 Å². The van der Waals surface area contributed by atoms with Crippen molar-refractivity contribution in [3.63, 3.8) is 0 Å². The molecule has 144 valence electrons. The molecule has 0 atom stereocenters. The van der Waals surface area contributed by atoms with E-state index in [9.17, 15) is 14.0 Å². The zero-order valence-corrected chi connectivity index (χ0v) is 17.1. The van der Waals surface area contributed by atoms with E-state index in [1.165, 1.54) is 23.9 Å². The van der Waals surface area contributed by atoms with Gasteiger partial charge in [0, 0.05) is 9.92 Å². The Labute approximate surface area is 180 Å². The molecule has 3 aromatic carbocycles. The van der Waals surface area contributed by atoms with Gasteiger partial charge in [-0.1, -0.05) is 65.3 Å². The summed E-state index contributed by atoms with van der Waals surface area (Å²) in [4.78, 5) is 28.5. The summed E-state index contributed by atoms with van der Waals surface area (Å²) in [7, 11) is 0. The van der Waals surface area contributed by atoms with Crippen LogP contribution in [0.4, 0.5) is 10.1 Å². The van der Waals surface area contributed by atoms with Gasteiger partial charge >= 0.3 is 0 Å². The van der Waals surface area contributed by atoms with Crippen molar-refractivity contribution in [1.82, 2.24) is 0 Å². The zero-order chi connectivity index (χ0) is 20.5. The van der Waals surface area contributed by atoms with Gasteiger partial charge in [-0.25, -0.2) is 9.29 Å². The molecule has 0 bridgehead atoms. The number of nitrogens with zero attached hydrogens (tertiary/aromatic N) is 1. The first kappa shape index (κ1) is 19.7. The van der Waals surface area contributed by atoms with Crippen LogP contribution in [-0.4, -0.2) is 11.8 Å². The molecule has 0 aliphatic carbocycles. The Kier molecular flexibility index (Phi) is 5.46. The molecule has 4 rings (SSSR count). The van der Waals surface area contributed by atoms with Gasteiger partial charge in [-0.15, -0.1) is 0 Å². The van der Waals surface area contributed by atoms with Crippen LogP contribution in [0.1, 0.15) is 5.56 Å². The minimum Gasteiger partial charge on any atom is -0.268 e. The maximum absolute atomic E-state index is 13.6. The summed E-state index contributed by atoms with van der Waals surface area (Å²) in [5.41, 5.74) is 1.13. The lowest BCUT2D eigenvalue weighted by atomic mass is 10.1. The van der Waals surface area contributed by atoms with E-state index in [0.29, 0.717) is 10.6 Å². The summed E-state index contributed by atoms with van der Waals surface area (Å²) in [6, 6.07) is 19.7. The first-order valence-electron chi connectivity index (χ1n) is 8.52. The molecule has 1 aliphatic rings. The van der Waals surface area contributed by atoms with E-state index in [0.717, 1.165) is 15.9 Å². The monoisotopic (exact) mass is 443 g/mol. The maximum atomic E-state index is 13.6. The van der Waals surface area contributed by atoms with Crippen molar-refractivity contribution in [1.29, 1.82) is 0 Å². The number of benzene rings is 3. The second kappa shape index (κ2) is 8.03. The van der Waals surface area contributed by atoms with E-state index in [2.05, 4.69) is 0 Å². The fourth-order valence-corrected chi connectivity index (χ4v) is 4.24. The van der Waals surface area contributed by atoms with Crippen molar-refractivity contribution in [3.05, 3.63) is 99.1 Å². The normalized spacial score (nSPS) is 14.1. The molecule has 7 heteroatoms. The van der Waals surface area contributed by atoms with Crippen molar-refractivity contribution in [3.8, 4) is 0 Å². The third-order valence-electron chi connectivity index (χ3n) is 4.30. The number of carbonyl (C=O) groups is 2. The van der Waals surface area contributed by atoms with Crippen molar-refractivity contribution >= 4 is 58.0 Å². The highest BCUT2D eigenvalue weighted by Gasteiger charge is 2.40.